The monoisotopic (exact) mass is 303 g/mol. The van der Waals surface area contributed by atoms with Crippen molar-refractivity contribution in [1.29, 1.82) is 0 Å². The minimum Gasteiger partial charge on any atom is -0.459 e. The number of ether oxygens (including phenoxy) is 1. The van der Waals surface area contributed by atoms with Crippen LogP contribution in [-0.2, 0) is 9.53 Å². The number of hydrogen-bond acceptors (Lipinski definition) is 4. The summed E-state index contributed by atoms with van der Waals surface area (Å²) in [7, 11) is 0. The molecule has 1 aromatic rings. The molecule has 1 heterocycles. The lowest BCUT2D eigenvalue weighted by Crippen LogP contribution is -2.42. The fraction of sp³-hybridized carbons (Fsp3) is 0.636. The Morgan fingerprint density at radius 1 is 1.59 bits per heavy atom. The number of esters is 1. The molecule has 0 radical (unpaired) electrons. The van der Waals surface area contributed by atoms with Crippen LogP contribution in [0.4, 0.5) is 0 Å². The Morgan fingerprint density at radius 3 is 2.59 bits per heavy atom. The summed E-state index contributed by atoms with van der Waals surface area (Å²) in [4.78, 5) is 11.8. The molecule has 96 valence electrons. The zero-order valence-electron chi connectivity index (χ0n) is 10.5. The molecule has 0 aliphatic heterocycles. The van der Waals surface area contributed by atoms with Gasteiger partial charge in [0.1, 0.15) is 11.6 Å². The van der Waals surface area contributed by atoms with Crippen molar-refractivity contribution in [2.24, 2.45) is 5.73 Å². The first-order valence-electron chi connectivity index (χ1n) is 5.39. The third kappa shape index (κ3) is 4.12. The second kappa shape index (κ2) is 5.18. The van der Waals surface area contributed by atoms with Crippen LogP contribution < -0.4 is 5.73 Å². The average Bonchev–Trinajstić information content (AvgIpc) is 2.60. The van der Waals surface area contributed by atoms with Crippen molar-refractivity contribution in [2.45, 2.75) is 45.4 Å². The van der Waals surface area contributed by atoms with Gasteiger partial charge in [-0.05, 0) is 43.6 Å². The molecule has 0 aromatic carbocycles. The Kier molecular flexibility index (Phi) is 4.32. The smallest absolute Gasteiger partial charge is 0.325 e. The molecule has 5 nitrogen and oxygen atoms in total. The van der Waals surface area contributed by atoms with E-state index in [9.17, 15) is 4.79 Å². The zero-order chi connectivity index (χ0) is 13.2. The fourth-order valence-corrected chi connectivity index (χ4v) is 1.57. The van der Waals surface area contributed by atoms with Crippen LogP contribution in [0, 0.1) is 0 Å². The highest BCUT2D eigenvalue weighted by molar-refractivity contribution is 9.10. The van der Waals surface area contributed by atoms with Crippen LogP contribution in [0.3, 0.4) is 0 Å². The molecule has 0 fully saturated rings. The Morgan fingerprint density at radius 2 is 2.18 bits per heavy atom. The number of aromatic nitrogens is 2. The van der Waals surface area contributed by atoms with E-state index < -0.39 is 17.6 Å². The number of rotatable bonds is 3. The second-order valence-corrected chi connectivity index (χ2v) is 5.85. The molecule has 0 saturated heterocycles. The van der Waals surface area contributed by atoms with Gasteiger partial charge in [0, 0.05) is 6.20 Å². The maximum Gasteiger partial charge on any atom is 0.325 e. The van der Waals surface area contributed by atoms with E-state index in [-0.39, 0.29) is 6.04 Å². The second-order valence-electron chi connectivity index (χ2n) is 4.94. The highest BCUT2D eigenvalue weighted by Gasteiger charge is 2.27. The SMILES string of the molecule is CC(C(N)C(=O)OC(C)(C)C)n1cc(Br)cn1. The lowest BCUT2D eigenvalue weighted by molar-refractivity contribution is -0.157. The van der Waals surface area contributed by atoms with Crippen molar-refractivity contribution in [2.75, 3.05) is 0 Å². The van der Waals surface area contributed by atoms with Gasteiger partial charge in [0.15, 0.2) is 0 Å². The van der Waals surface area contributed by atoms with E-state index in [2.05, 4.69) is 21.0 Å². The van der Waals surface area contributed by atoms with Gasteiger partial charge in [-0.1, -0.05) is 0 Å². The lowest BCUT2D eigenvalue weighted by atomic mass is 10.1. The summed E-state index contributed by atoms with van der Waals surface area (Å²) >= 11 is 3.30. The first-order chi connectivity index (χ1) is 7.70. The summed E-state index contributed by atoms with van der Waals surface area (Å²) in [5, 5.41) is 4.10. The lowest BCUT2D eigenvalue weighted by Gasteiger charge is -2.25. The van der Waals surface area contributed by atoms with Crippen molar-refractivity contribution in [1.82, 2.24) is 9.78 Å². The average molecular weight is 304 g/mol. The third-order valence-electron chi connectivity index (χ3n) is 2.19. The first-order valence-corrected chi connectivity index (χ1v) is 6.18. The van der Waals surface area contributed by atoms with E-state index in [1.807, 2.05) is 27.7 Å². The maximum absolute atomic E-state index is 11.8. The molecule has 0 bridgehead atoms. The molecule has 0 spiro atoms. The van der Waals surface area contributed by atoms with Gasteiger partial charge in [-0.25, -0.2) is 0 Å². The normalized spacial score (nSPS) is 15.4. The van der Waals surface area contributed by atoms with Crippen LogP contribution in [0.1, 0.15) is 33.7 Å². The molecular formula is C11H18BrN3O2. The molecule has 0 saturated carbocycles. The summed E-state index contributed by atoms with van der Waals surface area (Å²) in [5.41, 5.74) is 5.33. The molecule has 0 aliphatic carbocycles. The Balaban J connectivity index is 2.70. The van der Waals surface area contributed by atoms with Crippen LogP contribution in [0.25, 0.3) is 0 Å². The van der Waals surface area contributed by atoms with Gasteiger partial charge in [-0.15, -0.1) is 0 Å². The van der Waals surface area contributed by atoms with Gasteiger partial charge in [0.05, 0.1) is 16.7 Å². The van der Waals surface area contributed by atoms with Gasteiger partial charge >= 0.3 is 5.97 Å². The summed E-state index contributed by atoms with van der Waals surface area (Å²) in [6.07, 6.45) is 3.42. The Hall–Kier alpha value is -0.880. The van der Waals surface area contributed by atoms with Crippen molar-refractivity contribution in [3.8, 4) is 0 Å². The van der Waals surface area contributed by atoms with E-state index in [4.69, 9.17) is 10.5 Å². The molecule has 0 aliphatic rings. The fourth-order valence-electron chi connectivity index (χ4n) is 1.27. The third-order valence-corrected chi connectivity index (χ3v) is 2.60. The molecule has 6 heteroatoms. The van der Waals surface area contributed by atoms with Crippen molar-refractivity contribution in [3.05, 3.63) is 16.9 Å². The molecule has 1 aromatic heterocycles. The van der Waals surface area contributed by atoms with Gasteiger partial charge in [-0.3, -0.25) is 9.48 Å². The number of hydrogen-bond donors (Lipinski definition) is 1. The van der Waals surface area contributed by atoms with Crippen molar-refractivity contribution < 1.29 is 9.53 Å². The Labute approximate surface area is 109 Å². The van der Waals surface area contributed by atoms with Crippen molar-refractivity contribution >= 4 is 21.9 Å². The number of carbonyl (C=O) groups excluding carboxylic acids is 1. The summed E-state index contributed by atoms with van der Waals surface area (Å²) in [6.45, 7) is 7.26. The largest absolute Gasteiger partial charge is 0.459 e. The molecule has 1 rings (SSSR count). The molecule has 2 unspecified atom stereocenters. The summed E-state index contributed by atoms with van der Waals surface area (Å²) < 4.78 is 7.72. The number of nitrogens with zero attached hydrogens (tertiary/aromatic N) is 2. The van der Waals surface area contributed by atoms with Crippen LogP contribution in [0.15, 0.2) is 16.9 Å². The standard InChI is InChI=1S/C11H18BrN3O2/c1-7(15-6-8(12)5-14-15)9(13)10(16)17-11(2,3)4/h5-7,9H,13H2,1-4H3. The quantitative estimate of drug-likeness (QED) is 0.866. The maximum atomic E-state index is 11.8. The van der Waals surface area contributed by atoms with Gasteiger partial charge < -0.3 is 10.5 Å². The van der Waals surface area contributed by atoms with Gasteiger partial charge in [0.2, 0.25) is 0 Å². The van der Waals surface area contributed by atoms with Crippen LogP contribution in [0.2, 0.25) is 0 Å². The van der Waals surface area contributed by atoms with E-state index in [0.29, 0.717) is 0 Å². The van der Waals surface area contributed by atoms with E-state index in [1.54, 1.807) is 17.1 Å². The molecule has 0 amide bonds. The minimum atomic E-state index is -0.735. The van der Waals surface area contributed by atoms with Gasteiger partial charge in [-0.2, -0.15) is 5.10 Å². The van der Waals surface area contributed by atoms with Crippen LogP contribution >= 0.6 is 15.9 Å². The van der Waals surface area contributed by atoms with Crippen molar-refractivity contribution in [3.63, 3.8) is 0 Å². The zero-order valence-corrected chi connectivity index (χ0v) is 12.1. The van der Waals surface area contributed by atoms with E-state index in [0.717, 1.165) is 4.47 Å². The summed E-state index contributed by atoms with van der Waals surface area (Å²) in [6, 6.07) is -0.989. The van der Waals surface area contributed by atoms with Crippen LogP contribution in [0.5, 0.6) is 0 Å². The van der Waals surface area contributed by atoms with Crippen LogP contribution in [-0.4, -0.2) is 27.4 Å². The number of carbonyl (C=O) groups is 1. The van der Waals surface area contributed by atoms with E-state index >= 15 is 0 Å². The molecule has 2 N–H and O–H groups in total. The summed E-state index contributed by atoms with van der Waals surface area (Å²) in [5.74, 6) is -0.420. The predicted octanol–water partition coefficient (Wildman–Crippen LogP) is 1.88. The Bertz CT molecular complexity index is 398. The molecule has 2 atom stereocenters. The molecular weight excluding hydrogens is 286 g/mol. The highest BCUT2D eigenvalue weighted by atomic mass is 79.9. The molecule has 17 heavy (non-hydrogen) atoms. The van der Waals surface area contributed by atoms with E-state index in [1.165, 1.54) is 0 Å². The minimum absolute atomic E-state index is 0.254. The first kappa shape index (κ1) is 14.2. The topological polar surface area (TPSA) is 70.1 Å². The van der Waals surface area contributed by atoms with Gasteiger partial charge in [0.25, 0.3) is 0 Å². The number of halogens is 1. The predicted molar refractivity (Wildman–Crippen MR) is 68.5 cm³/mol. The number of nitrogens with two attached hydrogens (primary N) is 1. The highest BCUT2D eigenvalue weighted by Crippen LogP contribution is 2.16.